The molecule has 1 aromatic carbocycles. The van der Waals surface area contributed by atoms with E-state index in [1.165, 1.54) is 4.90 Å². The first-order valence-corrected chi connectivity index (χ1v) is 9.56. The number of amides is 1. The number of carbonyl (C=O) groups excluding carboxylic acids is 1. The Bertz CT molecular complexity index is 1320. The average Bonchev–Trinajstić information content (AvgIpc) is 3.36. The summed E-state index contributed by atoms with van der Waals surface area (Å²) >= 11 is 0. The number of imidazole rings is 1. The molecule has 4 aromatic rings. The molecule has 1 atom stereocenters. The quantitative estimate of drug-likeness (QED) is 0.413. The summed E-state index contributed by atoms with van der Waals surface area (Å²) in [7, 11) is 0. The predicted octanol–water partition coefficient (Wildman–Crippen LogP) is 5.18. The Hall–Kier alpha value is -3.62. The van der Waals surface area contributed by atoms with E-state index in [2.05, 4.69) is 4.98 Å². The molecule has 158 valence electrons. The molecule has 0 saturated heterocycles. The lowest BCUT2D eigenvalue weighted by molar-refractivity contribution is -0.139. The van der Waals surface area contributed by atoms with Crippen molar-refractivity contribution < 1.29 is 22.4 Å². The van der Waals surface area contributed by atoms with Crippen molar-refractivity contribution in [2.24, 2.45) is 0 Å². The fraction of sp³-hybridized carbons (Fsp3) is 0.182. The second-order valence-electron chi connectivity index (χ2n) is 7.52. The van der Waals surface area contributed by atoms with Gasteiger partial charge in [0, 0.05) is 54.2 Å². The lowest BCUT2D eigenvalue weighted by Gasteiger charge is -2.33. The highest BCUT2D eigenvalue weighted by atomic mass is 19.4. The average molecular weight is 428 g/mol. The van der Waals surface area contributed by atoms with Crippen molar-refractivity contribution in [2.45, 2.75) is 19.1 Å². The summed E-state index contributed by atoms with van der Waals surface area (Å²) in [6, 6.07) is 7.94. The van der Waals surface area contributed by atoms with Gasteiger partial charge < -0.3 is 13.9 Å². The van der Waals surface area contributed by atoms with Crippen LogP contribution >= 0.6 is 0 Å². The molecule has 5 rings (SSSR count). The number of pyridine rings is 1. The maximum absolute atomic E-state index is 14.2. The second-order valence-corrected chi connectivity index (χ2v) is 7.52. The Morgan fingerprint density at radius 1 is 1.10 bits per heavy atom. The van der Waals surface area contributed by atoms with Gasteiger partial charge in [0.25, 0.3) is 5.91 Å². The summed E-state index contributed by atoms with van der Waals surface area (Å²) in [4.78, 5) is 18.9. The number of benzene rings is 1. The molecule has 5 nitrogen and oxygen atoms in total. The standard InChI is InChI=1S/C22H16F4N4O/c1-13-11-30(15-3-4-17(18(23)10-15)22(24,25)26)21(31)20-16(6-8-29(13)20)14-2-5-19-27-7-9-28(19)12-14/h2-10,12-13H,11H2,1H3/t13-/m0/s1. The van der Waals surface area contributed by atoms with Crippen LogP contribution in [0.3, 0.4) is 0 Å². The van der Waals surface area contributed by atoms with Crippen molar-refractivity contribution in [3.05, 3.63) is 78.3 Å². The van der Waals surface area contributed by atoms with E-state index in [4.69, 9.17) is 0 Å². The molecule has 4 heterocycles. The molecule has 0 N–H and O–H groups in total. The van der Waals surface area contributed by atoms with Crippen molar-refractivity contribution in [1.82, 2.24) is 14.0 Å². The van der Waals surface area contributed by atoms with Crippen molar-refractivity contribution in [1.29, 1.82) is 0 Å². The van der Waals surface area contributed by atoms with Crippen LogP contribution in [0.25, 0.3) is 16.8 Å². The minimum Gasteiger partial charge on any atom is -0.338 e. The molecule has 0 aliphatic carbocycles. The molecule has 1 aliphatic rings. The molecule has 0 unspecified atom stereocenters. The van der Waals surface area contributed by atoms with Crippen LogP contribution in [0.15, 0.2) is 61.2 Å². The van der Waals surface area contributed by atoms with E-state index in [0.717, 1.165) is 23.3 Å². The lowest BCUT2D eigenvalue weighted by Crippen LogP contribution is -2.42. The van der Waals surface area contributed by atoms with Gasteiger partial charge in [-0.15, -0.1) is 0 Å². The number of halogens is 4. The first-order valence-electron chi connectivity index (χ1n) is 9.56. The monoisotopic (exact) mass is 428 g/mol. The number of rotatable bonds is 2. The highest BCUT2D eigenvalue weighted by Gasteiger charge is 2.36. The molecule has 3 aromatic heterocycles. The zero-order valence-electron chi connectivity index (χ0n) is 16.3. The molecule has 9 heteroatoms. The molecule has 0 bridgehead atoms. The molecule has 1 amide bonds. The molecular weight excluding hydrogens is 412 g/mol. The fourth-order valence-electron chi connectivity index (χ4n) is 4.04. The number of fused-ring (bicyclic) bond motifs is 2. The molecule has 31 heavy (non-hydrogen) atoms. The fourth-order valence-corrected chi connectivity index (χ4v) is 4.04. The molecule has 1 aliphatic heterocycles. The largest absolute Gasteiger partial charge is 0.419 e. The van der Waals surface area contributed by atoms with Crippen LogP contribution in [0.4, 0.5) is 23.2 Å². The first kappa shape index (κ1) is 19.3. The van der Waals surface area contributed by atoms with E-state index in [-0.39, 0.29) is 18.3 Å². The van der Waals surface area contributed by atoms with Gasteiger partial charge in [-0.2, -0.15) is 13.2 Å². The summed E-state index contributed by atoms with van der Waals surface area (Å²) in [6.45, 7) is 2.11. The Balaban J connectivity index is 1.58. The third-order valence-electron chi connectivity index (χ3n) is 5.55. The molecular formula is C22H16F4N4O. The third-order valence-corrected chi connectivity index (χ3v) is 5.55. The van der Waals surface area contributed by atoms with Crippen LogP contribution in [0, 0.1) is 5.82 Å². The number of alkyl halides is 3. The van der Waals surface area contributed by atoms with Crippen LogP contribution in [-0.4, -0.2) is 26.4 Å². The summed E-state index contributed by atoms with van der Waals surface area (Å²) in [5.74, 6) is -1.81. The van der Waals surface area contributed by atoms with E-state index < -0.39 is 23.5 Å². The van der Waals surface area contributed by atoms with Gasteiger partial charge in [0.05, 0.1) is 5.56 Å². The number of hydrogen-bond acceptors (Lipinski definition) is 2. The Labute approximate surface area is 174 Å². The van der Waals surface area contributed by atoms with E-state index in [1.807, 2.05) is 46.5 Å². The van der Waals surface area contributed by atoms with Crippen molar-refractivity contribution in [3.8, 4) is 11.1 Å². The predicted molar refractivity (Wildman–Crippen MR) is 106 cm³/mol. The number of carbonyl (C=O) groups is 1. The molecule has 0 radical (unpaired) electrons. The number of anilines is 1. The van der Waals surface area contributed by atoms with E-state index in [0.29, 0.717) is 17.3 Å². The highest BCUT2D eigenvalue weighted by molar-refractivity contribution is 6.10. The SMILES string of the molecule is C[C@H]1CN(c2ccc(C(F)(F)F)c(F)c2)C(=O)c2c(-c3ccc4nccn4c3)ccn21. The maximum Gasteiger partial charge on any atom is 0.419 e. The van der Waals surface area contributed by atoms with Crippen LogP contribution in [-0.2, 0) is 6.18 Å². The summed E-state index contributed by atoms with van der Waals surface area (Å²) in [6.07, 6.45) is 2.34. The van der Waals surface area contributed by atoms with Gasteiger partial charge in [0.15, 0.2) is 0 Å². The van der Waals surface area contributed by atoms with Gasteiger partial charge >= 0.3 is 6.18 Å². The minimum atomic E-state index is -4.80. The van der Waals surface area contributed by atoms with Gasteiger partial charge in [-0.05, 0) is 43.3 Å². The van der Waals surface area contributed by atoms with Gasteiger partial charge in [0.2, 0.25) is 0 Å². The summed E-state index contributed by atoms with van der Waals surface area (Å²) < 4.78 is 56.6. The molecule has 0 spiro atoms. The van der Waals surface area contributed by atoms with Crippen molar-refractivity contribution in [3.63, 3.8) is 0 Å². The van der Waals surface area contributed by atoms with E-state index >= 15 is 0 Å². The van der Waals surface area contributed by atoms with E-state index in [9.17, 15) is 22.4 Å². The third kappa shape index (κ3) is 3.08. The maximum atomic E-state index is 14.2. The van der Waals surface area contributed by atoms with Gasteiger partial charge in [-0.25, -0.2) is 9.37 Å². The zero-order chi connectivity index (χ0) is 21.9. The Morgan fingerprint density at radius 2 is 1.90 bits per heavy atom. The van der Waals surface area contributed by atoms with Crippen LogP contribution in [0.1, 0.15) is 29.0 Å². The topological polar surface area (TPSA) is 42.5 Å². The normalized spacial score (nSPS) is 16.7. The van der Waals surface area contributed by atoms with Gasteiger partial charge in [0.1, 0.15) is 17.2 Å². The summed E-state index contributed by atoms with van der Waals surface area (Å²) in [5, 5.41) is 0. The van der Waals surface area contributed by atoms with Crippen LogP contribution < -0.4 is 4.90 Å². The number of aromatic nitrogens is 3. The lowest BCUT2D eigenvalue weighted by atomic mass is 10.0. The van der Waals surface area contributed by atoms with Gasteiger partial charge in [-0.3, -0.25) is 4.79 Å². The highest BCUT2D eigenvalue weighted by Crippen LogP contribution is 2.37. The van der Waals surface area contributed by atoms with Crippen LogP contribution in [0.5, 0.6) is 0 Å². The van der Waals surface area contributed by atoms with Crippen molar-refractivity contribution in [2.75, 3.05) is 11.4 Å². The van der Waals surface area contributed by atoms with Crippen LogP contribution in [0.2, 0.25) is 0 Å². The Kier molecular flexibility index (Phi) is 4.18. The van der Waals surface area contributed by atoms with Gasteiger partial charge in [-0.1, -0.05) is 0 Å². The Morgan fingerprint density at radius 3 is 2.65 bits per heavy atom. The minimum absolute atomic E-state index is 0.0887. The number of nitrogens with zero attached hydrogens (tertiary/aromatic N) is 4. The van der Waals surface area contributed by atoms with Crippen molar-refractivity contribution >= 4 is 17.2 Å². The second kappa shape index (κ2) is 6.69. The number of hydrogen-bond donors (Lipinski definition) is 0. The molecule has 0 saturated carbocycles. The van der Waals surface area contributed by atoms with E-state index in [1.54, 1.807) is 12.4 Å². The first-order chi connectivity index (χ1) is 14.7. The molecule has 0 fully saturated rings. The smallest absolute Gasteiger partial charge is 0.338 e. The summed E-state index contributed by atoms with van der Waals surface area (Å²) in [5.41, 5.74) is 1.37. The zero-order valence-corrected chi connectivity index (χ0v) is 16.3.